The molecule has 2 aromatic carbocycles. The maximum absolute atomic E-state index is 13.3. The van der Waals surface area contributed by atoms with E-state index in [0.717, 1.165) is 33.6 Å². The fraction of sp³-hybridized carbons (Fsp3) is 0.125. The van der Waals surface area contributed by atoms with Gasteiger partial charge in [-0.2, -0.15) is 5.10 Å². The van der Waals surface area contributed by atoms with Crippen molar-refractivity contribution >= 4 is 32.7 Å². The first-order valence-corrected chi connectivity index (χ1v) is 12.9. The van der Waals surface area contributed by atoms with Gasteiger partial charge in [0.15, 0.2) is 5.16 Å². The summed E-state index contributed by atoms with van der Waals surface area (Å²) >= 11 is 1.46. The first-order valence-electron chi connectivity index (χ1n) is 10.2. The fourth-order valence-corrected chi connectivity index (χ4v) is 5.54. The zero-order valence-electron chi connectivity index (χ0n) is 18.3. The van der Waals surface area contributed by atoms with Crippen LogP contribution in [0.5, 0.6) is 0 Å². The van der Waals surface area contributed by atoms with E-state index < -0.39 is 10.0 Å². The van der Waals surface area contributed by atoms with Crippen molar-refractivity contribution in [3.8, 4) is 22.6 Å². The van der Waals surface area contributed by atoms with Crippen LogP contribution < -0.4 is 0 Å². The molecule has 9 heteroatoms. The highest BCUT2D eigenvalue weighted by molar-refractivity contribution is 7.98. The van der Waals surface area contributed by atoms with E-state index in [-0.39, 0.29) is 4.90 Å². The molecule has 0 amide bonds. The number of fused-ring (bicyclic) bond motifs is 1. The molecule has 0 unspecified atom stereocenters. The highest BCUT2D eigenvalue weighted by Crippen LogP contribution is 2.33. The second kappa shape index (κ2) is 8.17. The molecule has 0 spiro atoms. The third-order valence-corrected chi connectivity index (χ3v) is 7.77. The van der Waals surface area contributed by atoms with Gasteiger partial charge in [0.1, 0.15) is 0 Å². The van der Waals surface area contributed by atoms with Gasteiger partial charge in [-0.15, -0.1) is 0 Å². The predicted octanol–water partition coefficient (Wildman–Crippen LogP) is 4.77. The summed E-state index contributed by atoms with van der Waals surface area (Å²) in [6, 6.07) is 18.1. The van der Waals surface area contributed by atoms with Gasteiger partial charge in [-0.1, -0.05) is 41.6 Å². The molecule has 166 valence electrons. The molecule has 0 N–H and O–H groups in total. The highest BCUT2D eigenvalue weighted by atomic mass is 32.2. The summed E-state index contributed by atoms with van der Waals surface area (Å²) in [6.07, 6.45) is 5.26. The van der Waals surface area contributed by atoms with Crippen LogP contribution in [-0.2, 0) is 17.1 Å². The van der Waals surface area contributed by atoms with E-state index in [4.69, 9.17) is 4.98 Å². The van der Waals surface area contributed by atoms with Gasteiger partial charge >= 0.3 is 0 Å². The van der Waals surface area contributed by atoms with E-state index in [2.05, 4.69) is 10.1 Å². The smallest absolute Gasteiger partial charge is 0.266 e. The lowest BCUT2D eigenvalue weighted by molar-refractivity contribution is 0.589. The number of nitrogens with zero attached hydrogens (tertiary/aromatic N) is 5. The summed E-state index contributed by atoms with van der Waals surface area (Å²) in [7, 11) is -1.86. The number of aromatic nitrogens is 5. The van der Waals surface area contributed by atoms with Gasteiger partial charge in [-0.3, -0.25) is 4.68 Å². The summed E-state index contributed by atoms with van der Waals surface area (Å²) in [5.41, 5.74) is 4.80. The van der Waals surface area contributed by atoms with Crippen molar-refractivity contribution < 1.29 is 8.42 Å². The second-order valence-corrected chi connectivity index (χ2v) is 10.2. The third-order valence-electron chi connectivity index (χ3n) is 5.52. The molecule has 3 heterocycles. The monoisotopic (exact) mass is 475 g/mol. The minimum atomic E-state index is -3.73. The Morgan fingerprint density at radius 1 is 0.939 bits per heavy atom. The number of hydrogen-bond donors (Lipinski definition) is 0. The zero-order valence-corrected chi connectivity index (χ0v) is 19.9. The molecule has 0 aliphatic rings. The van der Waals surface area contributed by atoms with E-state index in [1.807, 2.05) is 56.6 Å². The van der Waals surface area contributed by atoms with E-state index >= 15 is 0 Å². The van der Waals surface area contributed by atoms with Crippen LogP contribution in [0.2, 0.25) is 0 Å². The molecule has 7 nitrogen and oxygen atoms in total. The molecule has 5 rings (SSSR count). The minimum Gasteiger partial charge on any atom is -0.266 e. The molecule has 5 aromatic rings. The van der Waals surface area contributed by atoms with Gasteiger partial charge in [-0.25, -0.2) is 22.4 Å². The molecule has 0 saturated carbocycles. The summed E-state index contributed by atoms with van der Waals surface area (Å²) < 4.78 is 29.8. The van der Waals surface area contributed by atoms with Gasteiger partial charge in [0.05, 0.1) is 27.5 Å². The molecule has 0 aliphatic carbocycles. The quantitative estimate of drug-likeness (QED) is 0.269. The van der Waals surface area contributed by atoms with Gasteiger partial charge in [0.25, 0.3) is 10.0 Å². The molecule has 0 bridgehead atoms. The van der Waals surface area contributed by atoms with Crippen LogP contribution in [0.3, 0.4) is 0 Å². The van der Waals surface area contributed by atoms with Crippen LogP contribution in [0, 0.1) is 6.92 Å². The molecule has 0 aliphatic heterocycles. The largest absolute Gasteiger partial charge is 0.268 e. The van der Waals surface area contributed by atoms with E-state index in [1.165, 1.54) is 15.7 Å². The van der Waals surface area contributed by atoms with Crippen molar-refractivity contribution in [1.82, 2.24) is 23.7 Å². The topological polar surface area (TPSA) is 82.7 Å². The standard InChI is InChI=1S/C24H21N5O2S2/c1-16-7-9-17(10-8-16)33(30,31)29-14-12-19-18(5-4-6-22(19)29)20-15-21(27-24(26-20)32-3)23-11-13-25-28(23)2/h4-15H,1-3H3. The van der Waals surface area contributed by atoms with Crippen molar-refractivity contribution in [3.63, 3.8) is 0 Å². The molecule has 0 radical (unpaired) electrons. The average molecular weight is 476 g/mol. The normalized spacial score (nSPS) is 11.8. The van der Waals surface area contributed by atoms with Crippen molar-refractivity contribution in [2.75, 3.05) is 6.26 Å². The van der Waals surface area contributed by atoms with E-state index in [9.17, 15) is 8.42 Å². The van der Waals surface area contributed by atoms with Crippen LogP contribution >= 0.6 is 11.8 Å². The Bertz CT molecular complexity index is 1590. The summed E-state index contributed by atoms with van der Waals surface area (Å²) in [4.78, 5) is 9.61. The lowest BCUT2D eigenvalue weighted by Gasteiger charge is -2.10. The lowest BCUT2D eigenvalue weighted by atomic mass is 10.1. The predicted molar refractivity (Wildman–Crippen MR) is 131 cm³/mol. The number of thioether (sulfide) groups is 1. The third kappa shape index (κ3) is 3.73. The van der Waals surface area contributed by atoms with Crippen LogP contribution in [0.25, 0.3) is 33.5 Å². The number of aryl methyl sites for hydroxylation is 2. The number of benzene rings is 2. The lowest BCUT2D eigenvalue weighted by Crippen LogP contribution is -2.11. The summed E-state index contributed by atoms with van der Waals surface area (Å²) in [6.45, 7) is 1.93. The Hall–Kier alpha value is -3.43. The maximum atomic E-state index is 13.3. The zero-order chi connectivity index (χ0) is 23.2. The Labute approximate surface area is 196 Å². The first kappa shape index (κ1) is 21.4. The maximum Gasteiger partial charge on any atom is 0.268 e. The molecular weight excluding hydrogens is 454 g/mol. The summed E-state index contributed by atoms with van der Waals surface area (Å²) in [5.74, 6) is 0. The van der Waals surface area contributed by atoms with Crippen LogP contribution in [-0.4, -0.2) is 38.4 Å². The molecule has 0 atom stereocenters. The molecular formula is C24H21N5O2S2. The number of hydrogen-bond acceptors (Lipinski definition) is 6. The highest BCUT2D eigenvalue weighted by Gasteiger charge is 2.21. The minimum absolute atomic E-state index is 0.251. The molecule has 33 heavy (non-hydrogen) atoms. The van der Waals surface area contributed by atoms with Crippen molar-refractivity contribution in [2.24, 2.45) is 7.05 Å². The Balaban J connectivity index is 1.68. The number of rotatable bonds is 5. The van der Waals surface area contributed by atoms with Crippen molar-refractivity contribution in [3.05, 3.63) is 78.6 Å². The first-order chi connectivity index (χ1) is 15.9. The SMILES string of the molecule is CSc1nc(-c2cccc3c2ccn3S(=O)(=O)c2ccc(C)cc2)cc(-c2ccnn2C)n1. The Morgan fingerprint density at radius 3 is 2.39 bits per heavy atom. The average Bonchev–Trinajstić information content (AvgIpc) is 3.45. The van der Waals surface area contributed by atoms with Gasteiger partial charge in [0.2, 0.25) is 0 Å². The van der Waals surface area contributed by atoms with Crippen molar-refractivity contribution in [1.29, 1.82) is 0 Å². The van der Waals surface area contributed by atoms with E-state index in [0.29, 0.717) is 10.7 Å². The van der Waals surface area contributed by atoms with Gasteiger partial charge in [-0.05, 0) is 49.6 Å². The summed E-state index contributed by atoms with van der Waals surface area (Å²) in [5, 5.41) is 5.68. The Morgan fingerprint density at radius 2 is 1.70 bits per heavy atom. The van der Waals surface area contributed by atoms with E-state index in [1.54, 1.807) is 41.3 Å². The van der Waals surface area contributed by atoms with Crippen LogP contribution in [0.15, 0.2) is 83.1 Å². The molecule has 3 aromatic heterocycles. The van der Waals surface area contributed by atoms with Crippen LogP contribution in [0.1, 0.15) is 5.56 Å². The fourth-order valence-electron chi connectivity index (χ4n) is 3.81. The van der Waals surface area contributed by atoms with Gasteiger partial charge in [0, 0.05) is 30.4 Å². The Kier molecular flexibility index (Phi) is 5.30. The molecule has 0 fully saturated rings. The second-order valence-electron chi connectivity index (χ2n) is 7.63. The van der Waals surface area contributed by atoms with Crippen molar-refractivity contribution in [2.45, 2.75) is 17.0 Å². The van der Waals surface area contributed by atoms with Crippen LogP contribution in [0.4, 0.5) is 0 Å². The van der Waals surface area contributed by atoms with Gasteiger partial charge < -0.3 is 0 Å². The molecule has 0 saturated heterocycles.